The molecule has 0 atom stereocenters. The molecule has 132 valence electrons. The van der Waals surface area contributed by atoms with Crippen LogP contribution in [0.4, 0.5) is 16.3 Å². The Morgan fingerprint density at radius 1 is 1.38 bits per heavy atom. The molecule has 2 rings (SSSR count). The predicted molar refractivity (Wildman–Crippen MR) is 93.9 cm³/mol. The third-order valence-electron chi connectivity index (χ3n) is 3.85. The Balaban J connectivity index is 2.11. The second-order valence-electron chi connectivity index (χ2n) is 7.62. The van der Waals surface area contributed by atoms with Crippen LogP contribution in [0.3, 0.4) is 0 Å². The van der Waals surface area contributed by atoms with Crippen molar-refractivity contribution in [3.8, 4) is 0 Å². The molecule has 24 heavy (non-hydrogen) atoms. The van der Waals surface area contributed by atoms with Crippen molar-refractivity contribution in [2.75, 3.05) is 24.5 Å². The van der Waals surface area contributed by atoms with Crippen LogP contribution in [0, 0.1) is 5.21 Å². The van der Waals surface area contributed by atoms with Gasteiger partial charge in [-0.1, -0.05) is 0 Å². The number of hydrogen-bond acceptors (Lipinski definition) is 5. The summed E-state index contributed by atoms with van der Waals surface area (Å²) in [5.74, 6) is 0.268. The SMILES string of the molecule is C=[N+]([O-])c1ccc(N2CCN(C(=O)OC(C)(C)C)CC2(C)C)cn1. The van der Waals surface area contributed by atoms with Crippen LogP contribution < -0.4 is 4.90 Å². The monoisotopic (exact) mass is 334 g/mol. The van der Waals surface area contributed by atoms with E-state index in [-0.39, 0.29) is 17.5 Å². The smallest absolute Gasteiger partial charge is 0.410 e. The van der Waals surface area contributed by atoms with Gasteiger partial charge in [-0.2, -0.15) is 0 Å². The molecule has 1 aromatic heterocycles. The fourth-order valence-electron chi connectivity index (χ4n) is 2.80. The zero-order valence-electron chi connectivity index (χ0n) is 15.1. The first kappa shape index (κ1) is 18.0. The molecule has 0 aliphatic carbocycles. The van der Waals surface area contributed by atoms with Gasteiger partial charge in [0.1, 0.15) is 5.60 Å². The quantitative estimate of drug-likeness (QED) is 0.360. The van der Waals surface area contributed by atoms with Crippen molar-refractivity contribution in [1.82, 2.24) is 9.88 Å². The Morgan fingerprint density at radius 2 is 2.04 bits per heavy atom. The van der Waals surface area contributed by atoms with Crippen LogP contribution in [-0.2, 0) is 4.74 Å². The van der Waals surface area contributed by atoms with Gasteiger partial charge >= 0.3 is 11.9 Å². The van der Waals surface area contributed by atoms with Gasteiger partial charge in [-0.3, -0.25) is 0 Å². The first-order valence-corrected chi connectivity index (χ1v) is 7.99. The standard InChI is InChI=1S/C17H26N4O3/c1-16(2,3)24-15(22)20-9-10-21(17(4,5)12-20)13-7-8-14(18-11-13)19(6)23/h7-8,11H,6,9-10,12H2,1-5H3. The van der Waals surface area contributed by atoms with E-state index in [0.717, 1.165) is 5.69 Å². The maximum Gasteiger partial charge on any atom is 0.410 e. The Labute approximate surface area is 143 Å². The molecule has 0 radical (unpaired) electrons. The number of piperazine rings is 1. The van der Waals surface area contributed by atoms with Crippen LogP contribution in [0.1, 0.15) is 34.6 Å². The number of ether oxygens (including phenoxy) is 1. The van der Waals surface area contributed by atoms with E-state index in [9.17, 15) is 10.0 Å². The van der Waals surface area contributed by atoms with E-state index < -0.39 is 5.60 Å². The molecule has 1 aromatic rings. The summed E-state index contributed by atoms with van der Waals surface area (Å²) in [6.07, 6.45) is 1.37. The highest BCUT2D eigenvalue weighted by molar-refractivity contribution is 5.69. The summed E-state index contributed by atoms with van der Waals surface area (Å²) in [7, 11) is 0. The van der Waals surface area contributed by atoms with E-state index >= 15 is 0 Å². The number of aromatic nitrogens is 1. The highest BCUT2D eigenvalue weighted by Gasteiger charge is 2.37. The molecule has 1 aliphatic heterocycles. The summed E-state index contributed by atoms with van der Waals surface area (Å²) in [4.78, 5) is 20.3. The second kappa shape index (κ2) is 6.30. The Hall–Kier alpha value is -2.31. The summed E-state index contributed by atoms with van der Waals surface area (Å²) in [6, 6.07) is 3.49. The molecule has 0 saturated carbocycles. The van der Waals surface area contributed by atoms with Gasteiger partial charge in [0.25, 0.3) is 0 Å². The van der Waals surface area contributed by atoms with E-state index in [2.05, 4.69) is 30.4 Å². The molecule has 0 aromatic carbocycles. The second-order valence-corrected chi connectivity index (χ2v) is 7.62. The van der Waals surface area contributed by atoms with Gasteiger partial charge in [0, 0.05) is 25.7 Å². The first-order chi connectivity index (χ1) is 11.0. The van der Waals surface area contributed by atoms with Crippen molar-refractivity contribution in [1.29, 1.82) is 0 Å². The van der Waals surface area contributed by atoms with Gasteiger partial charge in [0.05, 0.1) is 17.9 Å². The maximum absolute atomic E-state index is 12.3. The minimum atomic E-state index is -0.503. The number of pyridine rings is 1. The highest BCUT2D eigenvalue weighted by atomic mass is 16.6. The lowest BCUT2D eigenvalue weighted by Crippen LogP contribution is -2.61. The summed E-state index contributed by atoms with van der Waals surface area (Å²) < 4.78 is 5.94. The van der Waals surface area contributed by atoms with Gasteiger partial charge < -0.3 is 19.7 Å². The van der Waals surface area contributed by atoms with Crippen LogP contribution in [0.25, 0.3) is 0 Å². The van der Waals surface area contributed by atoms with Crippen molar-refractivity contribution in [3.05, 3.63) is 23.5 Å². The average Bonchev–Trinajstić information content (AvgIpc) is 2.44. The molecule has 0 N–H and O–H groups in total. The normalized spacial score (nSPS) is 17.5. The molecule has 0 unspecified atom stereocenters. The van der Waals surface area contributed by atoms with Gasteiger partial charge in [0.2, 0.25) is 0 Å². The van der Waals surface area contributed by atoms with Crippen LogP contribution in [-0.4, -0.2) is 58.2 Å². The molecule has 2 heterocycles. The first-order valence-electron chi connectivity index (χ1n) is 7.99. The lowest BCUT2D eigenvalue weighted by molar-refractivity contribution is -0.354. The maximum atomic E-state index is 12.3. The summed E-state index contributed by atoms with van der Waals surface area (Å²) in [5.41, 5.74) is 0.130. The van der Waals surface area contributed by atoms with Crippen molar-refractivity contribution in [2.24, 2.45) is 0 Å². The van der Waals surface area contributed by atoms with Crippen LogP contribution in [0.15, 0.2) is 18.3 Å². The molecule has 7 heteroatoms. The number of hydrogen-bond donors (Lipinski definition) is 0. The number of rotatable bonds is 2. The minimum Gasteiger partial charge on any atom is -0.711 e. The molecule has 1 saturated heterocycles. The number of nitrogens with zero attached hydrogens (tertiary/aromatic N) is 4. The van der Waals surface area contributed by atoms with Gasteiger partial charge in [-0.05, 0) is 45.7 Å². The predicted octanol–water partition coefficient (Wildman–Crippen LogP) is 2.76. The molecule has 0 bridgehead atoms. The van der Waals surface area contributed by atoms with E-state index in [1.54, 1.807) is 17.2 Å². The minimum absolute atomic E-state index is 0.268. The molecule has 1 amide bonds. The highest BCUT2D eigenvalue weighted by Crippen LogP contribution is 2.29. The lowest BCUT2D eigenvalue weighted by atomic mass is 9.98. The van der Waals surface area contributed by atoms with E-state index in [1.165, 1.54) is 0 Å². The van der Waals surface area contributed by atoms with Gasteiger partial charge in [0.15, 0.2) is 6.20 Å². The number of carbonyl (C=O) groups is 1. The molecule has 0 spiro atoms. The van der Waals surface area contributed by atoms with Crippen molar-refractivity contribution in [3.63, 3.8) is 0 Å². The Kier molecular flexibility index (Phi) is 4.73. The summed E-state index contributed by atoms with van der Waals surface area (Å²) >= 11 is 0. The topological polar surface area (TPSA) is 71.7 Å². The molecular weight excluding hydrogens is 308 g/mol. The zero-order valence-corrected chi connectivity index (χ0v) is 15.1. The van der Waals surface area contributed by atoms with Crippen molar-refractivity contribution in [2.45, 2.75) is 45.8 Å². The molecule has 1 aliphatic rings. The fraction of sp³-hybridized carbons (Fsp3) is 0.588. The summed E-state index contributed by atoms with van der Waals surface area (Å²) in [6.45, 7) is 14.8. The zero-order chi connectivity index (χ0) is 18.1. The van der Waals surface area contributed by atoms with Crippen LogP contribution >= 0.6 is 0 Å². The largest absolute Gasteiger partial charge is 0.711 e. The number of anilines is 1. The number of amides is 1. The van der Waals surface area contributed by atoms with Crippen molar-refractivity contribution >= 4 is 24.3 Å². The van der Waals surface area contributed by atoms with E-state index in [1.807, 2.05) is 26.8 Å². The summed E-state index contributed by atoms with van der Waals surface area (Å²) in [5, 5.41) is 11.2. The lowest BCUT2D eigenvalue weighted by Gasteiger charge is -2.47. The van der Waals surface area contributed by atoms with Crippen LogP contribution in [0.2, 0.25) is 0 Å². The van der Waals surface area contributed by atoms with E-state index in [0.29, 0.717) is 24.4 Å². The van der Waals surface area contributed by atoms with Gasteiger partial charge in [-0.15, -0.1) is 0 Å². The molecular formula is C17H26N4O3. The van der Waals surface area contributed by atoms with E-state index in [4.69, 9.17) is 4.74 Å². The number of carbonyl (C=O) groups excluding carboxylic acids is 1. The molecule has 7 nitrogen and oxygen atoms in total. The van der Waals surface area contributed by atoms with Crippen molar-refractivity contribution < 1.29 is 14.3 Å². The average molecular weight is 334 g/mol. The Bertz CT molecular complexity index is 620. The van der Waals surface area contributed by atoms with Gasteiger partial charge in [-0.25, -0.2) is 9.53 Å². The van der Waals surface area contributed by atoms with Crippen LogP contribution in [0.5, 0.6) is 0 Å². The fourth-order valence-corrected chi connectivity index (χ4v) is 2.80. The molecule has 1 fully saturated rings. The third kappa shape index (κ3) is 4.15. The Morgan fingerprint density at radius 3 is 2.50 bits per heavy atom. The third-order valence-corrected chi connectivity index (χ3v) is 3.85.